The maximum Gasteiger partial charge on any atom is 0.410 e. The van der Waals surface area contributed by atoms with E-state index in [4.69, 9.17) is 23.7 Å². The second-order valence-corrected chi connectivity index (χ2v) is 10.9. The number of esters is 2. The molecule has 49 heavy (non-hydrogen) atoms. The topological polar surface area (TPSA) is 187 Å². The highest BCUT2D eigenvalue weighted by molar-refractivity contribution is 5.86. The van der Waals surface area contributed by atoms with E-state index in [0.29, 0.717) is 17.1 Å². The van der Waals surface area contributed by atoms with Gasteiger partial charge in [0.2, 0.25) is 0 Å². The van der Waals surface area contributed by atoms with Gasteiger partial charge in [0.05, 0.1) is 26.9 Å². The molecule has 1 amide bonds. The molecule has 0 aliphatic carbocycles. The lowest BCUT2D eigenvalue weighted by Crippen LogP contribution is -2.41. The van der Waals surface area contributed by atoms with Gasteiger partial charge in [0.25, 0.3) is 11.4 Å². The first-order valence-electron chi connectivity index (χ1n) is 15.3. The standard InChI is InChI=1S/C34H35N3O12/c1-23(2)32(38)47-21-19-45-25-11-13-26(14-12-25)46-20-22-48-33(39)24-15-17-35(18-16-24)34(40)49-31(27-7-3-5-9-29(27)36(41)42)28-8-4-6-10-30(28)37(43)44/h3-14,24,31H,1,15-22H2,2H3. The van der Waals surface area contributed by atoms with Gasteiger partial charge in [0, 0.05) is 30.8 Å². The largest absolute Gasteiger partial charge is 0.490 e. The molecule has 0 bridgehead atoms. The van der Waals surface area contributed by atoms with E-state index in [1.165, 1.54) is 53.4 Å². The van der Waals surface area contributed by atoms with Crippen molar-refractivity contribution in [2.24, 2.45) is 5.92 Å². The van der Waals surface area contributed by atoms with Crippen molar-refractivity contribution in [2.45, 2.75) is 25.9 Å². The number of para-hydroxylation sites is 2. The summed E-state index contributed by atoms with van der Waals surface area (Å²) >= 11 is 0. The average Bonchev–Trinajstić information content (AvgIpc) is 3.11. The molecular weight excluding hydrogens is 642 g/mol. The van der Waals surface area contributed by atoms with E-state index in [1.807, 2.05) is 0 Å². The lowest BCUT2D eigenvalue weighted by Gasteiger charge is -2.31. The Labute approximate surface area is 281 Å². The molecule has 15 nitrogen and oxygen atoms in total. The predicted octanol–water partition coefficient (Wildman–Crippen LogP) is 5.56. The van der Waals surface area contributed by atoms with E-state index in [0.717, 1.165) is 0 Å². The average molecular weight is 678 g/mol. The summed E-state index contributed by atoms with van der Waals surface area (Å²) in [4.78, 5) is 60.9. The number of benzene rings is 3. The number of nitro benzene ring substituents is 2. The van der Waals surface area contributed by atoms with Crippen LogP contribution in [0.1, 0.15) is 37.0 Å². The van der Waals surface area contributed by atoms with Crippen molar-refractivity contribution < 1.29 is 47.9 Å². The summed E-state index contributed by atoms with van der Waals surface area (Å²) in [5.74, 6) is -0.312. The van der Waals surface area contributed by atoms with Crippen LogP contribution in [0.2, 0.25) is 0 Å². The van der Waals surface area contributed by atoms with Crippen LogP contribution in [0, 0.1) is 26.1 Å². The van der Waals surface area contributed by atoms with Crippen LogP contribution in [0.15, 0.2) is 84.9 Å². The third kappa shape index (κ3) is 10.00. The molecule has 0 N–H and O–H groups in total. The Kier molecular flexibility index (Phi) is 12.6. The van der Waals surface area contributed by atoms with Crippen LogP contribution >= 0.6 is 0 Å². The number of hydrogen-bond acceptors (Lipinski definition) is 12. The smallest absolute Gasteiger partial charge is 0.410 e. The molecule has 0 unspecified atom stereocenters. The maximum absolute atomic E-state index is 13.3. The Balaban J connectivity index is 1.24. The van der Waals surface area contributed by atoms with Gasteiger partial charge < -0.3 is 28.6 Å². The third-order valence-electron chi connectivity index (χ3n) is 7.49. The molecular formula is C34H35N3O12. The minimum atomic E-state index is -1.43. The van der Waals surface area contributed by atoms with Crippen molar-refractivity contribution in [3.05, 3.63) is 116 Å². The monoisotopic (exact) mass is 677 g/mol. The second kappa shape index (κ2) is 17.2. The van der Waals surface area contributed by atoms with Crippen LogP contribution in [-0.2, 0) is 23.8 Å². The number of likely N-dealkylation sites (tertiary alicyclic amines) is 1. The van der Waals surface area contributed by atoms with E-state index < -0.39 is 39.9 Å². The second-order valence-electron chi connectivity index (χ2n) is 10.9. The molecule has 15 heteroatoms. The summed E-state index contributed by atoms with van der Waals surface area (Å²) in [5, 5.41) is 23.5. The molecule has 0 aromatic heterocycles. The van der Waals surface area contributed by atoms with Crippen molar-refractivity contribution >= 4 is 29.4 Å². The fourth-order valence-corrected chi connectivity index (χ4v) is 4.99. The molecule has 1 saturated heterocycles. The zero-order valence-electron chi connectivity index (χ0n) is 26.7. The van der Waals surface area contributed by atoms with Gasteiger partial charge in [-0.25, -0.2) is 9.59 Å². The lowest BCUT2D eigenvalue weighted by molar-refractivity contribution is -0.387. The van der Waals surface area contributed by atoms with Crippen molar-refractivity contribution in [2.75, 3.05) is 39.5 Å². The molecule has 1 fully saturated rings. The summed E-state index contributed by atoms with van der Waals surface area (Å²) in [5.41, 5.74) is -0.433. The quantitative estimate of drug-likeness (QED) is 0.0487. The minimum absolute atomic E-state index is 0.000812. The normalized spacial score (nSPS) is 12.9. The van der Waals surface area contributed by atoms with Crippen LogP contribution in [0.3, 0.4) is 0 Å². The van der Waals surface area contributed by atoms with Crippen LogP contribution in [0.5, 0.6) is 11.5 Å². The number of hydrogen-bond donors (Lipinski definition) is 0. The zero-order chi connectivity index (χ0) is 35.3. The van der Waals surface area contributed by atoms with Gasteiger partial charge in [-0.15, -0.1) is 0 Å². The van der Waals surface area contributed by atoms with Gasteiger partial charge in [0.15, 0.2) is 6.10 Å². The van der Waals surface area contributed by atoms with Crippen LogP contribution in [0.4, 0.5) is 16.2 Å². The SMILES string of the molecule is C=C(C)C(=O)OCCOc1ccc(OCCOC(=O)C2CCN(C(=O)OC(c3ccccc3[N+](=O)[O-])c3ccccc3[N+](=O)[O-])CC2)cc1. The molecule has 0 radical (unpaired) electrons. The zero-order valence-corrected chi connectivity index (χ0v) is 26.7. The maximum atomic E-state index is 13.3. The van der Waals surface area contributed by atoms with Crippen molar-refractivity contribution in [3.63, 3.8) is 0 Å². The molecule has 0 atom stereocenters. The third-order valence-corrected chi connectivity index (χ3v) is 7.49. The van der Waals surface area contributed by atoms with Gasteiger partial charge in [-0.2, -0.15) is 0 Å². The molecule has 0 saturated carbocycles. The van der Waals surface area contributed by atoms with E-state index in [-0.39, 0.29) is 74.9 Å². The van der Waals surface area contributed by atoms with Crippen molar-refractivity contribution in [3.8, 4) is 11.5 Å². The number of rotatable bonds is 15. The van der Waals surface area contributed by atoms with E-state index in [1.54, 1.807) is 31.2 Å². The Bertz CT molecular complexity index is 1610. The van der Waals surface area contributed by atoms with E-state index in [2.05, 4.69) is 6.58 Å². The van der Waals surface area contributed by atoms with Gasteiger partial charge in [-0.1, -0.05) is 30.8 Å². The predicted molar refractivity (Wildman–Crippen MR) is 173 cm³/mol. The van der Waals surface area contributed by atoms with Gasteiger partial charge in [-0.3, -0.25) is 25.0 Å². The summed E-state index contributed by atoms with van der Waals surface area (Å²) in [6.07, 6.45) is -1.70. The summed E-state index contributed by atoms with van der Waals surface area (Å²) in [6, 6.07) is 17.9. The molecule has 4 rings (SSSR count). The Morgan fingerprint density at radius 1 is 0.776 bits per heavy atom. The molecule has 1 heterocycles. The first-order valence-corrected chi connectivity index (χ1v) is 15.3. The molecule has 258 valence electrons. The molecule has 3 aromatic carbocycles. The fraction of sp³-hybridized carbons (Fsp3) is 0.324. The first kappa shape index (κ1) is 35.9. The molecule has 0 spiro atoms. The first-order chi connectivity index (χ1) is 23.5. The minimum Gasteiger partial charge on any atom is -0.490 e. The fourth-order valence-electron chi connectivity index (χ4n) is 4.99. The number of carbonyl (C=O) groups is 3. The molecule has 1 aliphatic rings. The Hall–Kier alpha value is -5.99. The van der Waals surface area contributed by atoms with E-state index in [9.17, 15) is 34.6 Å². The highest BCUT2D eigenvalue weighted by atomic mass is 16.6. The van der Waals surface area contributed by atoms with Gasteiger partial charge >= 0.3 is 18.0 Å². The van der Waals surface area contributed by atoms with Crippen LogP contribution in [0.25, 0.3) is 0 Å². The number of ether oxygens (including phenoxy) is 5. The number of piperidine rings is 1. The molecule has 3 aromatic rings. The van der Waals surface area contributed by atoms with Gasteiger partial charge in [0.1, 0.15) is 37.9 Å². The van der Waals surface area contributed by atoms with Crippen LogP contribution in [-0.4, -0.2) is 72.3 Å². The number of nitro groups is 2. The highest BCUT2D eigenvalue weighted by Crippen LogP contribution is 2.37. The Morgan fingerprint density at radius 3 is 1.71 bits per heavy atom. The summed E-state index contributed by atoms with van der Waals surface area (Å²) in [6.45, 7) is 5.70. The van der Waals surface area contributed by atoms with Crippen LogP contribution < -0.4 is 9.47 Å². The van der Waals surface area contributed by atoms with E-state index >= 15 is 0 Å². The molecule has 1 aliphatic heterocycles. The van der Waals surface area contributed by atoms with Crippen molar-refractivity contribution in [1.29, 1.82) is 0 Å². The number of nitrogens with zero attached hydrogens (tertiary/aromatic N) is 3. The summed E-state index contributed by atoms with van der Waals surface area (Å²) < 4.78 is 27.2. The highest BCUT2D eigenvalue weighted by Gasteiger charge is 2.35. The number of carbonyl (C=O) groups excluding carboxylic acids is 3. The summed E-state index contributed by atoms with van der Waals surface area (Å²) in [7, 11) is 0. The lowest BCUT2D eigenvalue weighted by atomic mass is 9.97. The van der Waals surface area contributed by atoms with Crippen molar-refractivity contribution in [1.82, 2.24) is 4.90 Å². The number of amides is 1. The van der Waals surface area contributed by atoms with Gasteiger partial charge in [-0.05, 0) is 56.2 Å². The Morgan fingerprint density at radius 2 is 1.24 bits per heavy atom.